The SMILES string of the molecule is Cc1ccc(C2=CCN(C(=O)C3CCN(C)CC3)CC2)c(C(F)(F)F)c1. The van der Waals surface area contributed by atoms with Gasteiger partial charge in [0, 0.05) is 19.0 Å². The van der Waals surface area contributed by atoms with Crippen molar-refractivity contribution in [2.24, 2.45) is 5.92 Å². The van der Waals surface area contributed by atoms with Gasteiger partial charge in [0.15, 0.2) is 0 Å². The summed E-state index contributed by atoms with van der Waals surface area (Å²) in [6.45, 7) is 4.39. The molecular weight excluding hydrogens is 341 g/mol. The van der Waals surface area contributed by atoms with Gasteiger partial charge < -0.3 is 9.80 Å². The summed E-state index contributed by atoms with van der Waals surface area (Å²) in [4.78, 5) is 16.7. The van der Waals surface area contributed by atoms with Crippen LogP contribution in [0.3, 0.4) is 0 Å². The Kier molecular flexibility index (Phi) is 5.42. The predicted octanol–water partition coefficient (Wildman–Crippen LogP) is 3.97. The van der Waals surface area contributed by atoms with E-state index in [2.05, 4.69) is 11.9 Å². The number of nitrogens with zero attached hydrogens (tertiary/aromatic N) is 2. The molecule has 0 saturated carbocycles. The van der Waals surface area contributed by atoms with Gasteiger partial charge >= 0.3 is 6.18 Å². The number of rotatable bonds is 2. The second-order valence-corrected chi connectivity index (χ2v) is 7.39. The molecule has 2 aliphatic heterocycles. The molecule has 3 nitrogen and oxygen atoms in total. The van der Waals surface area contributed by atoms with Crippen LogP contribution in [0.25, 0.3) is 5.57 Å². The van der Waals surface area contributed by atoms with Crippen LogP contribution in [0.1, 0.15) is 36.0 Å². The van der Waals surface area contributed by atoms with Crippen LogP contribution in [-0.2, 0) is 11.0 Å². The van der Waals surface area contributed by atoms with E-state index < -0.39 is 11.7 Å². The van der Waals surface area contributed by atoms with Crippen molar-refractivity contribution in [1.29, 1.82) is 0 Å². The molecule has 1 aromatic rings. The number of amides is 1. The van der Waals surface area contributed by atoms with Gasteiger partial charge in [-0.05, 0) is 63.5 Å². The molecule has 0 spiro atoms. The second-order valence-electron chi connectivity index (χ2n) is 7.39. The van der Waals surface area contributed by atoms with Crippen LogP contribution in [0.5, 0.6) is 0 Å². The van der Waals surface area contributed by atoms with Gasteiger partial charge in [0.25, 0.3) is 0 Å². The molecule has 1 aromatic carbocycles. The van der Waals surface area contributed by atoms with Crippen molar-refractivity contribution < 1.29 is 18.0 Å². The number of likely N-dealkylation sites (tertiary alicyclic amines) is 1. The number of benzene rings is 1. The molecule has 142 valence electrons. The fourth-order valence-electron chi connectivity index (χ4n) is 3.80. The first kappa shape index (κ1) is 19.0. The first-order valence-corrected chi connectivity index (χ1v) is 9.10. The Morgan fingerprint density at radius 2 is 1.85 bits per heavy atom. The Morgan fingerprint density at radius 1 is 1.15 bits per heavy atom. The predicted molar refractivity (Wildman–Crippen MR) is 95.6 cm³/mol. The number of halogens is 3. The van der Waals surface area contributed by atoms with E-state index in [4.69, 9.17) is 0 Å². The maximum absolute atomic E-state index is 13.4. The molecule has 0 unspecified atom stereocenters. The monoisotopic (exact) mass is 366 g/mol. The second kappa shape index (κ2) is 7.43. The number of carbonyl (C=O) groups is 1. The lowest BCUT2D eigenvalue weighted by Gasteiger charge is -2.34. The lowest BCUT2D eigenvalue weighted by molar-refractivity contribution is -0.138. The van der Waals surface area contributed by atoms with Crippen molar-refractivity contribution in [3.63, 3.8) is 0 Å². The zero-order valence-corrected chi connectivity index (χ0v) is 15.3. The fourth-order valence-corrected chi connectivity index (χ4v) is 3.80. The highest BCUT2D eigenvalue weighted by molar-refractivity contribution is 5.81. The van der Waals surface area contributed by atoms with E-state index in [0.717, 1.165) is 25.9 Å². The zero-order chi connectivity index (χ0) is 18.9. The van der Waals surface area contributed by atoms with E-state index in [0.29, 0.717) is 30.6 Å². The third-order valence-corrected chi connectivity index (χ3v) is 5.42. The van der Waals surface area contributed by atoms with Crippen LogP contribution in [0.15, 0.2) is 24.3 Å². The highest BCUT2D eigenvalue weighted by atomic mass is 19.4. The fraction of sp³-hybridized carbons (Fsp3) is 0.550. The van der Waals surface area contributed by atoms with Crippen LogP contribution < -0.4 is 0 Å². The normalized spacial score (nSPS) is 20.2. The average molecular weight is 366 g/mol. The van der Waals surface area contributed by atoms with E-state index in [1.54, 1.807) is 30.0 Å². The maximum Gasteiger partial charge on any atom is 0.417 e. The molecular formula is C20H25F3N2O. The third kappa shape index (κ3) is 4.11. The van der Waals surface area contributed by atoms with Gasteiger partial charge in [-0.2, -0.15) is 13.2 Å². The summed E-state index contributed by atoms with van der Waals surface area (Å²) in [6, 6.07) is 4.46. The van der Waals surface area contributed by atoms with Crippen molar-refractivity contribution in [2.45, 2.75) is 32.4 Å². The summed E-state index contributed by atoms with van der Waals surface area (Å²) in [7, 11) is 2.05. The summed E-state index contributed by atoms with van der Waals surface area (Å²) >= 11 is 0. The minimum Gasteiger partial charge on any atom is -0.338 e. The van der Waals surface area contributed by atoms with Gasteiger partial charge in [-0.1, -0.05) is 23.8 Å². The molecule has 0 bridgehead atoms. The number of piperidine rings is 1. The molecule has 0 radical (unpaired) electrons. The van der Waals surface area contributed by atoms with Crippen molar-refractivity contribution in [3.8, 4) is 0 Å². The minimum absolute atomic E-state index is 0.0475. The largest absolute Gasteiger partial charge is 0.417 e. The molecule has 0 N–H and O–H groups in total. The molecule has 2 aliphatic rings. The van der Waals surface area contributed by atoms with E-state index in [1.165, 1.54) is 6.07 Å². The van der Waals surface area contributed by atoms with Crippen LogP contribution in [0, 0.1) is 12.8 Å². The number of carbonyl (C=O) groups excluding carboxylic acids is 1. The van der Waals surface area contributed by atoms with Crippen LogP contribution >= 0.6 is 0 Å². The lowest BCUT2D eigenvalue weighted by atomic mass is 9.91. The van der Waals surface area contributed by atoms with E-state index in [1.807, 2.05) is 0 Å². The molecule has 6 heteroatoms. The Balaban J connectivity index is 1.73. The average Bonchev–Trinajstić information content (AvgIpc) is 2.61. The highest BCUT2D eigenvalue weighted by Crippen LogP contribution is 2.37. The van der Waals surface area contributed by atoms with Gasteiger partial charge in [0.2, 0.25) is 5.91 Å². The molecule has 3 rings (SSSR count). The Labute approximate surface area is 152 Å². The van der Waals surface area contributed by atoms with Crippen molar-refractivity contribution >= 4 is 11.5 Å². The lowest BCUT2D eigenvalue weighted by Crippen LogP contribution is -2.43. The Morgan fingerprint density at radius 3 is 2.42 bits per heavy atom. The molecule has 26 heavy (non-hydrogen) atoms. The molecule has 0 aromatic heterocycles. The number of alkyl halides is 3. The van der Waals surface area contributed by atoms with Gasteiger partial charge in [-0.3, -0.25) is 4.79 Å². The van der Waals surface area contributed by atoms with Crippen LogP contribution in [0.4, 0.5) is 13.2 Å². The highest BCUT2D eigenvalue weighted by Gasteiger charge is 2.35. The molecule has 1 fully saturated rings. The van der Waals surface area contributed by atoms with E-state index >= 15 is 0 Å². The number of hydrogen-bond donors (Lipinski definition) is 0. The summed E-state index contributed by atoms with van der Waals surface area (Å²) in [5, 5.41) is 0. The minimum atomic E-state index is -4.37. The number of aryl methyl sites for hydroxylation is 1. The summed E-state index contributed by atoms with van der Waals surface area (Å²) < 4.78 is 40.1. The summed E-state index contributed by atoms with van der Waals surface area (Å²) in [6.07, 6.45) is -0.402. The summed E-state index contributed by atoms with van der Waals surface area (Å²) in [5.41, 5.74) is 0.939. The molecule has 1 saturated heterocycles. The van der Waals surface area contributed by atoms with Crippen molar-refractivity contribution in [2.75, 3.05) is 33.2 Å². The van der Waals surface area contributed by atoms with Gasteiger partial charge in [-0.15, -0.1) is 0 Å². The molecule has 0 aliphatic carbocycles. The standard InChI is InChI=1S/C20H25F3N2O/c1-14-3-4-17(18(13-14)20(21,22)23)15-7-11-25(12-8-15)19(26)16-5-9-24(2)10-6-16/h3-4,7,13,16H,5-6,8-12H2,1-2H3. The topological polar surface area (TPSA) is 23.6 Å². The number of hydrogen-bond acceptors (Lipinski definition) is 2. The first-order valence-electron chi connectivity index (χ1n) is 9.10. The van der Waals surface area contributed by atoms with Crippen molar-refractivity contribution in [1.82, 2.24) is 9.80 Å². The molecule has 0 atom stereocenters. The van der Waals surface area contributed by atoms with Crippen LogP contribution in [0.2, 0.25) is 0 Å². The first-order chi connectivity index (χ1) is 12.3. The van der Waals surface area contributed by atoms with E-state index in [-0.39, 0.29) is 17.4 Å². The quantitative estimate of drug-likeness (QED) is 0.791. The van der Waals surface area contributed by atoms with Gasteiger partial charge in [0.05, 0.1) is 5.56 Å². The Bertz CT molecular complexity index is 703. The molecule has 1 amide bonds. The Hall–Kier alpha value is -1.82. The zero-order valence-electron chi connectivity index (χ0n) is 15.3. The van der Waals surface area contributed by atoms with E-state index in [9.17, 15) is 18.0 Å². The van der Waals surface area contributed by atoms with Gasteiger partial charge in [0.1, 0.15) is 0 Å². The van der Waals surface area contributed by atoms with Crippen LogP contribution in [-0.4, -0.2) is 48.9 Å². The summed E-state index contributed by atoms with van der Waals surface area (Å²) in [5.74, 6) is 0.194. The maximum atomic E-state index is 13.4. The third-order valence-electron chi connectivity index (χ3n) is 5.42. The van der Waals surface area contributed by atoms with Crippen molar-refractivity contribution in [3.05, 3.63) is 41.0 Å². The molecule has 2 heterocycles. The smallest absolute Gasteiger partial charge is 0.338 e. The van der Waals surface area contributed by atoms with Gasteiger partial charge in [-0.25, -0.2) is 0 Å².